The number of nitrogens with zero attached hydrogens (tertiary/aromatic N) is 1. The number of carboxylic acids is 1. The summed E-state index contributed by atoms with van der Waals surface area (Å²) < 4.78 is 5.31. The van der Waals surface area contributed by atoms with Gasteiger partial charge in [0, 0.05) is 24.9 Å². The molecular weight excluding hydrogens is 332 g/mol. The van der Waals surface area contributed by atoms with Crippen molar-refractivity contribution < 1.29 is 19.4 Å². The lowest BCUT2D eigenvalue weighted by molar-refractivity contribution is -0.111. The third-order valence-corrected chi connectivity index (χ3v) is 4.07. The first-order chi connectivity index (χ1) is 12.6. The van der Waals surface area contributed by atoms with Crippen LogP contribution < -0.4 is 10.2 Å². The van der Waals surface area contributed by atoms with Gasteiger partial charge in [0.05, 0.1) is 24.5 Å². The smallest absolute Gasteiger partial charge is 0.337 e. The molecule has 26 heavy (non-hydrogen) atoms. The molecule has 0 bridgehead atoms. The summed E-state index contributed by atoms with van der Waals surface area (Å²) in [6.07, 6.45) is 3.13. The van der Waals surface area contributed by atoms with E-state index >= 15 is 0 Å². The highest BCUT2D eigenvalue weighted by atomic mass is 16.5. The van der Waals surface area contributed by atoms with E-state index in [9.17, 15) is 14.7 Å². The average molecular weight is 352 g/mol. The molecule has 1 heterocycles. The molecule has 6 nitrogen and oxygen atoms in total. The van der Waals surface area contributed by atoms with E-state index < -0.39 is 5.97 Å². The predicted octanol–water partition coefficient (Wildman–Crippen LogP) is 2.87. The van der Waals surface area contributed by atoms with Gasteiger partial charge in [-0.25, -0.2) is 4.79 Å². The van der Waals surface area contributed by atoms with Crippen molar-refractivity contribution in [3.63, 3.8) is 0 Å². The zero-order valence-electron chi connectivity index (χ0n) is 14.2. The van der Waals surface area contributed by atoms with Crippen LogP contribution in [-0.2, 0) is 9.53 Å². The first-order valence-electron chi connectivity index (χ1n) is 8.37. The summed E-state index contributed by atoms with van der Waals surface area (Å²) >= 11 is 0. The second-order valence-corrected chi connectivity index (χ2v) is 5.87. The monoisotopic (exact) mass is 352 g/mol. The highest BCUT2D eigenvalue weighted by Crippen LogP contribution is 2.25. The Morgan fingerprint density at radius 2 is 1.81 bits per heavy atom. The Labute approximate surface area is 151 Å². The summed E-state index contributed by atoms with van der Waals surface area (Å²) in [5, 5.41) is 12.2. The standard InChI is InChI=1S/C20H20N2O4/c23-19(9-6-15-4-2-1-3-5-15)21-16-7-8-18(17(14-16)20(24)25)22-10-12-26-13-11-22/h1-9,14H,10-13H2,(H,21,23)(H,24,25). The van der Waals surface area contributed by atoms with E-state index in [2.05, 4.69) is 5.32 Å². The number of amides is 1. The largest absolute Gasteiger partial charge is 0.478 e. The molecule has 0 atom stereocenters. The Hall–Kier alpha value is -3.12. The third kappa shape index (κ3) is 4.49. The number of carboxylic acid groups (broad SMARTS) is 1. The Bertz CT molecular complexity index is 812. The molecule has 1 fully saturated rings. The fourth-order valence-corrected chi connectivity index (χ4v) is 2.79. The van der Waals surface area contributed by atoms with Gasteiger partial charge in [0.25, 0.3) is 0 Å². The van der Waals surface area contributed by atoms with Gasteiger partial charge in [-0.3, -0.25) is 4.79 Å². The number of hydrogen-bond acceptors (Lipinski definition) is 4. The van der Waals surface area contributed by atoms with Crippen molar-refractivity contribution in [2.45, 2.75) is 0 Å². The first kappa shape index (κ1) is 17.7. The van der Waals surface area contributed by atoms with E-state index in [-0.39, 0.29) is 11.5 Å². The van der Waals surface area contributed by atoms with E-state index in [4.69, 9.17) is 4.74 Å². The molecule has 0 aliphatic carbocycles. The van der Waals surface area contributed by atoms with E-state index in [0.29, 0.717) is 37.7 Å². The predicted molar refractivity (Wildman–Crippen MR) is 101 cm³/mol. The van der Waals surface area contributed by atoms with Gasteiger partial charge in [0.2, 0.25) is 5.91 Å². The van der Waals surface area contributed by atoms with Crippen molar-refractivity contribution in [3.05, 3.63) is 65.7 Å². The molecule has 2 N–H and O–H groups in total. The summed E-state index contributed by atoms with van der Waals surface area (Å²) in [4.78, 5) is 25.7. The van der Waals surface area contributed by atoms with Crippen molar-refractivity contribution in [1.82, 2.24) is 0 Å². The molecule has 0 aromatic heterocycles. The van der Waals surface area contributed by atoms with Crippen LogP contribution in [0.3, 0.4) is 0 Å². The highest BCUT2D eigenvalue weighted by molar-refractivity contribution is 6.03. The quantitative estimate of drug-likeness (QED) is 0.809. The number of aromatic carboxylic acids is 1. The summed E-state index contributed by atoms with van der Waals surface area (Å²) in [6, 6.07) is 14.4. The van der Waals surface area contributed by atoms with Crippen LogP contribution in [0, 0.1) is 0 Å². The number of nitrogens with one attached hydrogen (secondary N) is 1. The number of benzene rings is 2. The molecule has 1 saturated heterocycles. The second kappa shape index (κ2) is 8.31. The Morgan fingerprint density at radius 3 is 2.50 bits per heavy atom. The topological polar surface area (TPSA) is 78.9 Å². The van der Waals surface area contributed by atoms with E-state index in [0.717, 1.165) is 5.56 Å². The van der Waals surface area contributed by atoms with Crippen molar-refractivity contribution in [1.29, 1.82) is 0 Å². The SMILES string of the molecule is O=C(C=Cc1ccccc1)Nc1ccc(N2CCOCC2)c(C(=O)O)c1. The molecule has 134 valence electrons. The fourth-order valence-electron chi connectivity index (χ4n) is 2.79. The van der Waals surface area contributed by atoms with Crippen LogP contribution in [0.25, 0.3) is 6.08 Å². The molecule has 0 saturated carbocycles. The number of rotatable bonds is 5. The van der Waals surface area contributed by atoms with Gasteiger partial charge < -0.3 is 20.1 Å². The minimum absolute atomic E-state index is 0.164. The Kier molecular flexibility index (Phi) is 5.66. The average Bonchev–Trinajstić information content (AvgIpc) is 2.68. The molecular formula is C20H20N2O4. The van der Waals surface area contributed by atoms with Crippen LogP contribution in [0.4, 0.5) is 11.4 Å². The van der Waals surface area contributed by atoms with Gasteiger partial charge in [-0.15, -0.1) is 0 Å². The zero-order chi connectivity index (χ0) is 18.4. The Morgan fingerprint density at radius 1 is 1.08 bits per heavy atom. The maximum absolute atomic E-state index is 12.1. The molecule has 1 amide bonds. The van der Waals surface area contributed by atoms with Crippen LogP contribution in [-0.4, -0.2) is 43.3 Å². The maximum atomic E-state index is 12.1. The van der Waals surface area contributed by atoms with Gasteiger partial charge in [-0.1, -0.05) is 30.3 Å². The fraction of sp³-hybridized carbons (Fsp3) is 0.200. The minimum atomic E-state index is -1.03. The van der Waals surface area contributed by atoms with Gasteiger partial charge in [0.15, 0.2) is 0 Å². The van der Waals surface area contributed by atoms with Gasteiger partial charge in [-0.05, 0) is 29.8 Å². The molecule has 0 spiro atoms. The third-order valence-electron chi connectivity index (χ3n) is 4.07. The molecule has 6 heteroatoms. The Balaban J connectivity index is 1.73. The molecule has 0 radical (unpaired) electrons. The first-order valence-corrected chi connectivity index (χ1v) is 8.37. The highest BCUT2D eigenvalue weighted by Gasteiger charge is 2.19. The van der Waals surface area contributed by atoms with Crippen molar-refractivity contribution >= 4 is 29.3 Å². The van der Waals surface area contributed by atoms with Crippen LogP contribution in [0.1, 0.15) is 15.9 Å². The van der Waals surface area contributed by atoms with E-state index in [1.165, 1.54) is 12.1 Å². The van der Waals surface area contributed by atoms with Crippen molar-refractivity contribution in [2.24, 2.45) is 0 Å². The molecule has 2 aromatic rings. The van der Waals surface area contributed by atoms with Crippen LogP contribution in [0.5, 0.6) is 0 Å². The molecule has 2 aromatic carbocycles. The molecule has 0 unspecified atom stereocenters. The number of carbonyl (C=O) groups is 2. The van der Waals surface area contributed by atoms with Crippen LogP contribution >= 0.6 is 0 Å². The van der Waals surface area contributed by atoms with E-state index in [1.54, 1.807) is 18.2 Å². The van der Waals surface area contributed by atoms with Crippen LogP contribution in [0.15, 0.2) is 54.6 Å². The lowest BCUT2D eigenvalue weighted by Gasteiger charge is -2.30. The van der Waals surface area contributed by atoms with Crippen LogP contribution in [0.2, 0.25) is 0 Å². The number of hydrogen-bond donors (Lipinski definition) is 2. The van der Waals surface area contributed by atoms with Gasteiger partial charge in [0.1, 0.15) is 0 Å². The minimum Gasteiger partial charge on any atom is -0.478 e. The van der Waals surface area contributed by atoms with Gasteiger partial charge >= 0.3 is 5.97 Å². The van der Waals surface area contributed by atoms with E-state index in [1.807, 2.05) is 35.2 Å². The summed E-state index contributed by atoms with van der Waals surface area (Å²) in [5.41, 5.74) is 2.16. The summed E-state index contributed by atoms with van der Waals surface area (Å²) in [6.45, 7) is 2.43. The normalized spacial score (nSPS) is 14.4. The zero-order valence-corrected chi connectivity index (χ0v) is 14.2. The van der Waals surface area contributed by atoms with Gasteiger partial charge in [-0.2, -0.15) is 0 Å². The number of anilines is 2. The van der Waals surface area contributed by atoms with Crippen molar-refractivity contribution in [2.75, 3.05) is 36.5 Å². The molecule has 1 aliphatic rings. The number of carbonyl (C=O) groups excluding carboxylic acids is 1. The summed E-state index contributed by atoms with van der Waals surface area (Å²) in [5.74, 6) is -1.34. The second-order valence-electron chi connectivity index (χ2n) is 5.87. The number of ether oxygens (including phenoxy) is 1. The molecule has 1 aliphatic heterocycles. The molecule has 3 rings (SSSR count). The van der Waals surface area contributed by atoms with Crippen molar-refractivity contribution in [3.8, 4) is 0 Å². The number of morpholine rings is 1. The lowest BCUT2D eigenvalue weighted by atomic mass is 10.1. The maximum Gasteiger partial charge on any atom is 0.337 e. The summed E-state index contributed by atoms with van der Waals surface area (Å²) in [7, 11) is 0. The lowest BCUT2D eigenvalue weighted by Crippen LogP contribution is -2.37.